The number of fused-ring (bicyclic) bond motifs is 3. The van der Waals surface area contributed by atoms with E-state index in [-0.39, 0.29) is 5.63 Å². The van der Waals surface area contributed by atoms with Gasteiger partial charge in [-0.15, -0.1) is 0 Å². The first kappa shape index (κ1) is 9.90. The Balaban J connectivity index is 2.60. The zero-order valence-corrected chi connectivity index (χ0v) is 9.27. The molecule has 0 unspecified atom stereocenters. The van der Waals surface area contributed by atoms with Gasteiger partial charge < -0.3 is 9.15 Å². The van der Waals surface area contributed by atoms with Gasteiger partial charge in [-0.25, -0.2) is 4.79 Å². The van der Waals surface area contributed by atoms with Gasteiger partial charge in [0.2, 0.25) is 0 Å². The second-order valence-electron chi connectivity index (χ2n) is 3.80. The van der Waals surface area contributed by atoms with E-state index >= 15 is 0 Å². The van der Waals surface area contributed by atoms with Crippen molar-refractivity contribution in [3.05, 3.63) is 52.9 Å². The molecule has 0 N–H and O–H groups in total. The number of ether oxygens (including phenoxy) is 1. The Morgan fingerprint density at radius 2 is 1.82 bits per heavy atom. The Morgan fingerprint density at radius 1 is 1.06 bits per heavy atom. The van der Waals surface area contributed by atoms with Crippen LogP contribution in [-0.4, -0.2) is 7.11 Å². The van der Waals surface area contributed by atoms with Gasteiger partial charge in [-0.2, -0.15) is 0 Å². The number of rotatable bonds is 1. The zero-order valence-electron chi connectivity index (χ0n) is 9.27. The summed E-state index contributed by atoms with van der Waals surface area (Å²) in [5.41, 5.74) is 0.265. The van der Waals surface area contributed by atoms with E-state index in [0.717, 1.165) is 21.9 Å². The molecule has 0 aliphatic rings. The van der Waals surface area contributed by atoms with Crippen LogP contribution in [0.15, 0.2) is 51.7 Å². The minimum atomic E-state index is -0.340. The average Bonchev–Trinajstić information content (AvgIpc) is 2.38. The molecule has 0 saturated heterocycles. The number of benzene rings is 2. The highest BCUT2D eigenvalue weighted by Gasteiger charge is 2.08. The molecular formula is C14H10O3. The highest BCUT2D eigenvalue weighted by molar-refractivity contribution is 6.07. The fourth-order valence-corrected chi connectivity index (χ4v) is 2.04. The third-order valence-corrected chi connectivity index (χ3v) is 2.81. The van der Waals surface area contributed by atoms with E-state index in [1.165, 1.54) is 6.07 Å². The van der Waals surface area contributed by atoms with Crippen LogP contribution in [0.5, 0.6) is 5.75 Å². The van der Waals surface area contributed by atoms with Crippen molar-refractivity contribution in [2.45, 2.75) is 0 Å². The first-order valence-corrected chi connectivity index (χ1v) is 5.29. The highest BCUT2D eigenvalue weighted by Crippen LogP contribution is 2.32. The Kier molecular flexibility index (Phi) is 2.11. The lowest BCUT2D eigenvalue weighted by molar-refractivity contribution is 0.420. The average molecular weight is 226 g/mol. The molecule has 3 nitrogen and oxygen atoms in total. The van der Waals surface area contributed by atoms with E-state index in [2.05, 4.69) is 0 Å². The van der Waals surface area contributed by atoms with Crippen molar-refractivity contribution in [3.8, 4) is 5.75 Å². The van der Waals surface area contributed by atoms with Crippen LogP contribution in [0.25, 0.3) is 21.7 Å². The fraction of sp³-hybridized carbons (Fsp3) is 0.0714. The summed E-state index contributed by atoms with van der Waals surface area (Å²) in [6.45, 7) is 0. The lowest BCUT2D eigenvalue weighted by Crippen LogP contribution is -1.95. The molecule has 0 radical (unpaired) electrons. The summed E-state index contributed by atoms with van der Waals surface area (Å²) in [6.07, 6.45) is 0. The van der Waals surface area contributed by atoms with Gasteiger partial charge in [-0.3, -0.25) is 0 Å². The minimum Gasteiger partial charge on any atom is -0.496 e. The lowest BCUT2D eigenvalue weighted by Gasteiger charge is -2.07. The van der Waals surface area contributed by atoms with E-state index in [0.29, 0.717) is 5.58 Å². The Labute approximate surface area is 97.2 Å². The molecule has 0 aliphatic heterocycles. The quantitative estimate of drug-likeness (QED) is 0.473. The predicted molar refractivity (Wildman–Crippen MR) is 66.5 cm³/mol. The summed E-state index contributed by atoms with van der Waals surface area (Å²) >= 11 is 0. The third-order valence-electron chi connectivity index (χ3n) is 2.81. The van der Waals surface area contributed by atoms with Crippen LogP contribution in [0, 0.1) is 0 Å². The van der Waals surface area contributed by atoms with Crippen LogP contribution in [0.2, 0.25) is 0 Å². The topological polar surface area (TPSA) is 39.4 Å². The van der Waals surface area contributed by atoms with Crippen molar-refractivity contribution in [3.63, 3.8) is 0 Å². The van der Waals surface area contributed by atoms with Crippen molar-refractivity contribution in [1.82, 2.24) is 0 Å². The molecule has 2 aromatic carbocycles. The molecule has 1 heterocycles. The van der Waals surface area contributed by atoms with Crippen molar-refractivity contribution in [2.24, 2.45) is 0 Å². The number of methoxy groups -OCH3 is 1. The smallest absolute Gasteiger partial charge is 0.336 e. The third kappa shape index (κ3) is 1.47. The van der Waals surface area contributed by atoms with Crippen molar-refractivity contribution in [2.75, 3.05) is 7.11 Å². The molecule has 3 aromatic rings. The first-order valence-electron chi connectivity index (χ1n) is 5.29. The molecular weight excluding hydrogens is 216 g/mol. The van der Waals surface area contributed by atoms with Crippen molar-refractivity contribution in [1.29, 1.82) is 0 Å². The van der Waals surface area contributed by atoms with Gasteiger partial charge in [-0.05, 0) is 12.1 Å². The summed E-state index contributed by atoms with van der Waals surface area (Å²) in [5, 5.41) is 2.69. The Bertz CT molecular complexity index is 756. The summed E-state index contributed by atoms with van der Waals surface area (Å²) in [5.74, 6) is 0.780. The molecule has 17 heavy (non-hydrogen) atoms. The summed E-state index contributed by atoms with van der Waals surface area (Å²) in [6, 6.07) is 12.7. The molecule has 0 spiro atoms. The summed E-state index contributed by atoms with van der Waals surface area (Å²) in [7, 11) is 1.63. The van der Waals surface area contributed by atoms with Crippen molar-refractivity contribution < 1.29 is 9.15 Å². The van der Waals surface area contributed by atoms with Crippen LogP contribution in [-0.2, 0) is 0 Å². The van der Waals surface area contributed by atoms with Gasteiger partial charge >= 0.3 is 5.63 Å². The normalized spacial score (nSPS) is 10.9. The van der Waals surface area contributed by atoms with Crippen molar-refractivity contribution >= 4 is 21.7 Å². The Morgan fingerprint density at radius 3 is 2.59 bits per heavy atom. The van der Waals surface area contributed by atoms with Gasteiger partial charge in [0.25, 0.3) is 0 Å². The molecule has 0 amide bonds. The lowest BCUT2D eigenvalue weighted by atomic mass is 10.1. The molecule has 0 saturated carbocycles. The van der Waals surface area contributed by atoms with E-state index in [4.69, 9.17) is 9.15 Å². The van der Waals surface area contributed by atoms with E-state index in [1.807, 2.05) is 30.3 Å². The minimum absolute atomic E-state index is 0.340. The second-order valence-corrected chi connectivity index (χ2v) is 3.80. The highest BCUT2D eigenvalue weighted by atomic mass is 16.5. The second kappa shape index (κ2) is 3.63. The van der Waals surface area contributed by atoms with Gasteiger partial charge in [0, 0.05) is 22.2 Å². The molecule has 84 valence electrons. The zero-order chi connectivity index (χ0) is 11.8. The van der Waals surface area contributed by atoms with Crippen LogP contribution < -0.4 is 10.4 Å². The fourth-order valence-electron chi connectivity index (χ4n) is 2.04. The molecule has 0 fully saturated rings. The van der Waals surface area contributed by atoms with Crippen LogP contribution >= 0.6 is 0 Å². The molecule has 1 aromatic heterocycles. The largest absolute Gasteiger partial charge is 0.496 e. The summed E-state index contributed by atoms with van der Waals surface area (Å²) in [4.78, 5) is 11.3. The standard InChI is InChI=1S/C14H10O3/c1-16-12-8-9-6-7-13(15)17-14(9)11-5-3-2-4-10(11)12/h2-8H,1H3. The number of hydrogen-bond acceptors (Lipinski definition) is 3. The van der Waals surface area contributed by atoms with E-state index < -0.39 is 0 Å². The van der Waals surface area contributed by atoms with Crippen LogP contribution in [0.3, 0.4) is 0 Å². The van der Waals surface area contributed by atoms with Gasteiger partial charge in [0.05, 0.1) is 7.11 Å². The van der Waals surface area contributed by atoms with Crippen LogP contribution in [0.4, 0.5) is 0 Å². The maximum Gasteiger partial charge on any atom is 0.336 e. The number of hydrogen-bond donors (Lipinski definition) is 0. The van der Waals surface area contributed by atoms with E-state index in [1.54, 1.807) is 13.2 Å². The Hall–Kier alpha value is -2.29. The predicted octanol–water partition coefficient (Wildman–Crippen LogP) is 2.95. The molecule has 0 bridgehead atoms. The SMILES string of the molecule is COc1cc2ccc(=O)oc2c2ccccc12. The van der Waals surface area contributed by atoms with Gasteiger partial charge in [0.1, 0.15) is 11.3 Å². The molecule has 3 heteroatoms. The molecule has 0 atom stereocenters. The molecule has 3 rings (SSSR count). The first-order chi connectivity index (χ1) is 8.29. The van der Waals surface area contributed by atoms with Gasteiger partial charge in [-0.1, -0.05) is 24.3 Å². The maximum atomic E-state index is 11.3. The monoisotopic (exact) mass is 226 g/mol. The maximum absolute atomic E-state index is 11.3. The molecule has 0 aliphatic carbocycles. The van der Waals surface area contributed by atoms with Crippen LogP contribution in [0.1, 0.15) is 0 Å². The van der Waals surface area contributed by atoms with E-state index in [9.17, 15) is 4.79 Å². The summed E-state index contributed by atoms with van der Waals surface area (Å²) < 4.78 is 10.6. The van der Waals surface area contributed by atoms with Gasteiger partial charge in [0.15, 0.2) is 0 Å².